The van der Waals surface area contributed by atoms with E-state index in [-0.39, 0.29) is 12.2 Å². The number of fused-ring (bicyclic) bond motifs is 3. The van der Waals surface area contributed by atoms with E-state index in [4.69, 9.17) is 27.3 Å². The van der Waals surface area contributed by atoms with Gasteiger partial charge in [0.15, 0.2) is 0 Å². The third kappa shape index (κ3) is 7.06. The first kappa shape index (κ1) is 31.4. The molecule has 1 aliphatic rings. The van der Waals surface area contributed by atoms with Crippen LogP contribution in [0.4, 0.5) is 0 Å². The number of hydrogen-bond acceptors (Lipinski definition) is 8. The van der Waals surface area contributed by atoms with E-state index in [0.29, 0.717) is 39.6 Å². The van der Waals surface area contributed by atoms with Gasteiger partial charge in [-0.1, -0.05) is 72.8 Å². The molecule has 0 heterocycles. The van der Waals surface area contributed by atoms with Gasteiger partial charge in [-0.05, 0) is 97.3 Å². The van der Waals surface area contributed by atoms with Gasteiger partial charge in [0.25, 0.3) is 0 Å². The fourth-order valence-corrected chi connectivity index (χ4v) is 5.74. The Labute approximate surface area is 265 Å². The van der Waals surface area contributed by atoms with Gasteiger partial charge >= 0.3 is 0 Å². The molecule has 0 saturated carbocycles. The summed E-state index contributed by atoms with van der Waals surface area (Å²) in [7, 11) is 0. The SMILES string of the molecule is CC(COCCOc1ccc(C2(c3ccc(OCCOCC(C)OS)cc3)c3ccccc3-c3ccccc32)cc1)OS. The molecule has 226 valence electrons. The summed E-state index contributed by atoms with van der Waals surface area (Å²) in [4.78, 5) is 0. The van der Waals surface area contributed by atoms with Gasteiger partial charge < -0.3 is 27.3 Å². The van der Waals surface area contributed by atoms with Gasteiger partial charge in [0.05, 0.1) is 44.1 Å². The molecule has 0 amide bonds. The summed E-state index contributed by atoms with van der Waals surface area (Å²) in [6.07, 6.45) is -0.142. The highest BCUT2D eigenvalue weighted by Crippen LogP contribution is 2.56. The minimum atomic E-state index is -0.498. The second-order valence-corrected chi connectivity index (χ2v) is 11.0. The Morgan fingerprint density at radius 2 is 0.930 bits per heavy atom. The number of rotatable bonds is 16. The summed E-state index contributed by atoms with van der Waals surface area (Å²) in [5.74, 6) is 1.59. The van der Waals surface area contributed by atoms with E-state index in [2.05, 4.69) is 98.6 Å². The van der Waals surface area contributed by atoms with Gasteiger partial charge in [0.2, 0.25) is 0 Å². The molecule has 8 heteroatoms. The van der Waals surface area contributed by atoms with Crippen molar-refractivity contribution in [3.8, 4) is 22.6 Å². The summed E-state index contributed by atoms with van der Waals surface area (Å²) < 4.78 is 33.0. The van der Waals surface area contributed by atoms with Crippen molar-refractivity contribution in [3.63, 3.8) is 0 Å². The molecule has 2 atom stereocenters. The largest absolute Gasteiger partial charge is 0.491 e. The zero-order valence-electron chi connectivity index (χ0n) is 24.5. The summed E-state index contributed by atoms with van der Waals surface area (Å²) in [6, 6.07) is 34.2. The Kier molecular flexibility index (Phi) is 11.1. The molecule has 0 bridgehead atoms. The van der Waals surface area contributed by atoms with Crippen molar-refractivity contribution in [2.75, 3.05) is 39.6 Å². The lowest BCUT2D eigenvalue weighted by molar-refractivity contribution is 0.0518. The zero-order valence-corrected chi connectivity index (χ0v) is 26.3. The molecule has 0 saturated heterocycles. The number of benzene rings is 4. The molecule has 43 heavy (non-hydrogen) atoms. The van der Waals surface area contributed by atoms with Crippen molar-refractivity contribution in [2.45, 2.75) is 31.5 Å². The molecule has 0 aromatic heterocycles. The van der Waals surface area contributed by atoms with Crippen LogP contribution in [0.25, 0.3) is 11.1 Å². The lowest BCUT2D eigenvalue weighted by atomic mass is 9.68. The second kappa shape index (κ2) is 15.1. The Bertz CT molecular complexity index is 1330. The maximum atomic E-state index is 5.98. The van der Waals surface area contributed by atoms with E-state index in [0.717, 1.165) is 22.6 Å². The van der Waals surface area contributed by atoms with Crippen molar-refractivity contribution >= 4 is 25.8 Å². The highest BCUT2D eigenvalue weighted by Gasteiger charge is 2.45. The predicted molar refractivity (Wildman–Crippen MR) is 175 cm³/mol. The van der Waals surface area contributed by atoms with E-state index in [1.165, 1.54) is 22.3 Å². The maximum absolute atomic E-state index is 5.98. The van der Waals surface area contributed by atoms with E-state index >= 15 is 0 Å². The van der Waals surface area contributed by atoms with Gasteiger partial charge in [0.1, 0.15) is 24.7 Å². The van der Waals surface area contributed by atoms with Crippen LogP contribution in [-0.4, -0.2) is 51.8 Å². The molecule has 0 N–H and O–H groups in total. The molecular weight excluding hydrogens is 581 g/mol. The molecule has 4 aromatic rings. The van der Waals surface area contributed by atoms with Crippen molar-refractivity contribution in [3.05, 3.63) is 119 Å². The third-order valence-corrected chi connectivity index (χ3v) is 8.30. The lowest BCUT2D eigenvalue weighted by Gasteiger charge is -2.34. The van der Waals surface area contributed by atoms with Crippen LogP contribution >= 0.6 is 25.8 Å². The fraction of sp³-hybridized carbons (Fsp3) is 0.314. The topological polar surface area (TPSA) is 55.4 Å². The van der Waals surface area contributed by atoms with Crippen LogP contribution in [0.5, 0.6) is 11.5 Å². The van der Waals surface area contributed by atoms with E-state index in [1.54, 1.807) is 0 Å². The Hall–Kier alpha value is -2.98. The summed E-state index contributed by atoms with van der Waals surface area (Å²) in [5, 5.41) is 0. The normalized spacial score (nSPS) is 14.5. The molecule has 0 spiro atoms. The number of thiol groups is 2. The molecule has 0 aliphatic heterocycles. The van der Waals surface area contributed by atoms with Crippen molar-refractivity contribution in [1.82, 2.24) is 0 Å². The molecule has 5 rings (SSSR count). The average molecular weight is 619 g/mol. The third-order valence-electron chi connectivity index (χ3n) is 7.58. The van der Waals surface area contributed by atoms with Gasteiger partial charge in [0, 0.05) is 0 Å². The maximum Gasteiger partial charge on any atom is 0.119 e. The Balaban J connectivity index is 1.40. The molecule has 6 nitrogen and oxygen atoms in total. The van der Waals surface area contributed by atoms with Crippen LogP contribution in [0.15, 0.2) is 97.1 Å². The van der Waals surface area contributed by atoms with E-state index in [9.17, 15) is 0 Å². The molecule has 0 fully saturated rings. The fourth-order valence-electron chi connectivity index (χ4n) is 5.62. The minimum absolute atomic E-state index is 0.0712. The first-order chi connectivity index (χ1) is 21.1. The van der Waals surface area contributed by atoms with E-state index in [1.807, 2.05) is 38.1 Å². The van der Waals surface area contributed by atoms with Crippen LogP contribution in [0, 0.1) is 0 Å². The standard InChI is InChI=1S/C35H38O6S2/c1-25(40-42)23-36-19-21-38-29-15-11-27(12-16-29)35(33-9-5-3-7-31(33)32-8-4-6-10-34(32)35)28-13-17-30(18-14-28)39-22-20-37-24-26(2)41-43/h3-18,25-26,42-43H,19-24H2,1-2H3. The predicted octanol–water partition coefficient (Wildman–Crippen LogP) is 7.34. The van der Waals surface area contributed by atoms with Crippen LogP contribution in [0.2, 0.25) is 0 Å². The lowest BCUT2D eigenvalue weighted by Crippen LogP contribution is -2.28. The minimum Gasteiger partial charge on any atom is -0.491 e. The molecular formula is C35H38O6S2. The second-order valence-electron chi connectivity index (χ2n) is 10.6. The Morgan fingerprint density at radius 1 is 0.535 bits per heavy atom. The number of ether oxygens (including phenoxy) is 4. The quantitative estimate of drug-likeness (QED) is 0.0686. The van der Waals surface area contributed by atoms with Crippen LogP contribution in [-0.2, 0) is 23.3 Å². The molecule has 4 aromatic carbocycles. The van der Waals surface area contributed by atoms with Crippen molar-refractivity contribution in [2.24, 2.45) is 0 Å². The van der Waals surface area contributed by atoms with Crippen molar-refractivity contribution < 1.29 is 27.3 Å². The number of hydrogen-bond donors (Lipinski definition) is 2. The van der Waals surface area contributed by atoms with Gasteiger partial charge in [-0.2, -0.15) is 0 Å². The van der Waals surface area contributed by atoms with Crippen molar-refractivity contribution in [1.29, 1.82) is 0 Å². The highest BCUT2D eigenvalue weighted by molar-refractivity contribution is 7.75. The van der Waals surface area contributed by atoms with E-state index < -0.39 is 5.41 Å². The molecule has 0 radical (unpaired) electrons. The van der Waals surface area contributed by atoms with Gasteiger partial charge in [-0.25, -0.2) is 0 Å². The van der Waals surface area contributed by atoms with Gasteiger partial charge in [-0.3, -0.25) is 0 Å². The van der Waals surface area contributed by atoms with Crippen LogP contribution < -0.4 is 9.47 Å². The summed E-state index contributed by atoms with van der Waals surface area (Å²) in [5.41, 5.74) is 6.82. The average Bonchev–Trinajstić information content (AvgIpc) is 3.36. The van der Waals surface area contributed by atoms with Crippen LogP contribution in [0.1, 0.15) is 36.1 Å². The molecule has 1 aliphatic carbocycles. The smallest absolute Gasteiger partial charge is 0.119 e. The monoisotopic (exact) mass is 618 g/mol. The first-order valence-corrected chi connectivity index (χ1v) is 15.2. The Morgan fingerprint density at radius 3 is 1.33 bits per heavy atom. The summed E-state index contributed by atoms with van der Waals surface area (Å²) >= 11 is 7.64. The highest BCUT2D eigenvalue weighted by atomic mass is 32.1. The first-order valence-electron chi connectivity index (χ1n) is 14.5. The zero-order chi connectivity index (χ0) is 30.1. The molecule has 2 unspecified atom stereocenters. The summed E-state index contributed by atoms with van der Waals surface area (Å²) in [6.45, 7) is 6.58. The van der Waals surface area contributed by atoms with Crippen LogP contribution in [0.3, 0.4) is 0 Å². The van der Waals surface area contributed by atoms with Gasteiger partial charge in [-0.15, -0.1) is 0 Å².